The molecule has 1 atom stereocenters. The van der Waals surface area contributed by atoms with Crippen LogP contribution in [-0.4, -0.2) is 39.4 Å². The van der Waals surface area contributed by atoms with Crippen molar-refractivity contribution < 1.29 is 15.7 Å². The zero-order valence-electron chi connectivity index (χ0n) is 15.3. The number of carbonyl (C=O) groups excluding carboxylic acids is 1. The number of hydrogen-bond acceptors (Lipinski definition) is 3. The third-order valence-corrected chi connectivity index (χ3v) is 4.57. The average Bonchev–Trinajstić information content (AvgIpc) is 2.59. The molecule has 0 aliphatic heterocycles. The lowest BCUT2D eigenvalue weighted by molar-refractivity contribution is -0.126. The summed E-state index contributed by atoms with van der Waals surface area (Å²) in [6.45, 7) is 11.0. The number of rotatable bonds is 9. The smallest absolute Gasteiger partial charge is 0.223 e. The number of amides is 1. The Morgan fingerprint density at radius 3 is 2.36 bits per heavy atom. The minimum atomic E-state index is 0. The van der Waals surface area contributed by atoms with E-state index >= 15 is 0 Å². The van der Waals surface area contributed by atoms with Gasteiger partial charge in [0.25, 0.3) is 0 Å². The molecule has 1 rings (SSSR count). The van der Waals surface area contributed by atoms with Gasteiger partial charge < -0.3 is 14.8 Å². The molecule has 134 valence electrons. The van der Waals surface area contributed by atoms with Gasteiger partial charge >= 0.3 is 0 Å². The molecule has 1 unspecified atom stereocenters. The van der Waals surface area contributed by atoms with Crippen LogP contribution in [0.25, 0.3) is 0 Å². The lowest BCUT2D eigenvalue weighted by Gasteiger charge is -2.31. The van der Waals surface area contributed by atoms with Crippen LogP contribution < -0.4 is 5.32 Å². The molecule has 1 saturated carbocycles. The third-order valence-electron chi connectivity index (χ3n) is 4.57. The Morgan fingerprint density at radius 2 is 1.82 bits per heavy atom. The maximum atomic E-state index is 12.0. The van der Waals surface area contributed by atoms with E-state index in [1.165, 1.54) is 19.3 Å². The molecule has 0 aromatic carbocycles. The number of methoxy groups -OCH3 is 1. The normalized spacial score (nSPS) is 22.4. The molecule has 22 heavy (non-hydrogen) atoms. The van der Waals surface area contributed by atoms with Crippen LogP contribution in [0.4, 0.5) is 0 Å². The zero-order valence-corrected chi connectivity index (χ0v) is 15.3. The van der Waals surface area contributed by atoms with Crippen LogP contribution in [0.2, 0.25) is 0 Å². The number of hydrogen-bond donors (Lipinski definition) is 1. The highest BCUT2D eigenvalue weighted by Crippen LogP contribution is 2.34. The van der Waals surface area contributed by atoms with Crippen LogP contribution in [0.3, 0.4) is 0 Å². The molecule has 1 fully saturated rings. The van der Waals surface area contributed by atoms with E-state index < -0.39 is 0 Å². The highest BCUT2D eigenvalue weighted by molar-refractivity contribution is 5.78. The van der Waals surface area contributed by atoms with Crippen LogP contribution in [0, 0.1) is 17.8 Å². The summed E-state index contributed by atoms with van der Waals surface area (Å²) in [6.07, 6.45) is 5.76. The second-order valence-electron chi connectivity index (χ2n) is 5.89. The monoisotopic (exact) mass is 317 g/mol. The lowest BCUT2D eigenvalue weighted by atomic mass is 9.75. The molecule has 0 spiro atoms. The van der Waals surface area contributed by atoms with Gasteiger partial charge in [0.15, 0.2) is 0 Å². The van der Waals surface area contributed by atoms with Gasteiger partial charge in [-0.25, -0.2) is 0 Å². The van der Waals surface area contributed by atoms with Crippen LogP contribution in [0.15, 0.2) is 0 Å². The number of carbonyl (C=O) groups is 1. The van der Waals surface area contributed by atoms with E-state index in [1.54, 1.807) is 7.11 Å². The molecule has 1 aliphatic carbocycles. The van der Waals surface area contributed by atoms with Crippen LogP contribution in [0.5, 0.6) is 0 Å². The van der Waals surface area contributed by atoms with E-state index in [2.05, 4.69) is 19.2 Å². The van der Waals surface area contributed by atoms with Crippen molar-refractivity contribution >= 4 is 5.91 Å². The molecular formula is C18H39NO3. The van der Waals surface area contributed by atoms with Gasteiger partial charge in [-0.2, -0.15) is 0 Å². The molecule has 4 nitrogen and oxygen atoms in total. The van der Waals surface area contributed by atoms with Gasteiger partial charge in [-0.05, 0) is 37.5 Å². The molecule has 1 amide bonds. The average molecular weight is 318 g/mol. The van der Waals surface area contributed by atoms with Crippen molar-refractivity contribution in [2.75, 3.05) is 33.5 Å². The van der Waals surface area contributed by atoms with Crippen molar-refractivity contribution in [1.82, 2.24) is 5.32 Å². The fourth-order valence-electron chi connectivity index (χ4n) is 2.92. The second-order valence-corrected chi connectivity index (χ2v) is 5.89. The Bertz CT molecular complexity index is 269. The van der Waals surface area contributed by atoms with E-state index in [1.807, 2.05) is 13.8 Å². The Kier molecular flexibility index (Phi) is 13.6. The molecule has 0 aromatic rings. The van der Waals surface area contributed by atoms with E-state index in [4.69, 9.17) is 9.47 Å². The highest BCUT2D eigenvalue weighted by atomic mass is 16.5. The molecule has 0 heterocycles. The summed E-state index contributed by atoms with van der Waals surface area (Å²) in [7, 11) is 1.65. The second kappa shape index (κ2) is 14.0. The Balaban J connectivity index is 0. The van der Waals surface area contributed by atoms with Gasteiger partial charge in [0, 0.05) is 21.0 Å². The molecular weight excluding hydrogens is 278 g/mol. The van der Waals surface area contributed by atoms with Gasteiger partial charge in [0.2, 0.25) is 5.91 Å². The van der Waals surface area contributed by atoms with Crippen LogP contribution >= 0.6 is 0 Å². The fraction of sp³-hybridized carbons (Fsp3) is 0.944. The minimum absolute atomic E-state index is 0. The van der Waals surface area contributed by atoms with Crippen molar-refractivity contribution in [3.05, 3.63) is 0 Å². The first-order valence-corrected chi connectivity index (χ1v) is 9.03. The van der Waals surface area contributed by atoms with Gasteiger partial charge in [0.1, 0.15) is 0 Å². The largest absolute Gasteiger partial charge is 0.382 e. The van der Waals surface area contributed by atoms with Gasteiger partial charge in [-0.15, -0.1) is 0 Å². The molecule has 1 aliphatic rings. The van der Waals surface area contributed by atoms with Gasteiger partial charge in [-0.1, -0.05) is 34.1 Å². The molecule has 1 N–H and O–H groups in total. The van der Waals surface area contributed by atoms with Gasteiger partial charge in [0.05, 0.1) is 19.8 Å². The third kappa shape index (κ3) is 8.74. The predicted molar refractivity (Wildman–Crippen MR) is 94.1 cm³/mol. The summed E-state index contributed by atoms with van der Waals surface area (Å²) in [6, 6.07) is 0. The summed E-state index contributed by atoms with van der Waals surface area (Å²) in [4.78, 5) is 12.0. The van der Waals surface area contributed by atoms with Crippen molar-refractivity contribution in [3.8, 4) is 0 Å². The van der Waals surface area contributed by atoms with E-state index in [9.17, 15) is 4.79 Å². The molecule has 0 aromatic heterocycles. The maximum Gasteiger partial charge on any atom is 0.223 e. The minimum Gasteiger partial charge on any atom is -0.382 e. The SMILES string of the molecule is CC.CCC(C)C1CCC(C(=O)NCCOCCOC)CC1.[HH]. The van der Waals surface area contributed by atoms with Crippen LogP contribution in [-0.2, 0) is 14.3 Å². The predicted octanol–water partition coefficient (Wildman–Crippen LogP) is 3.89. The first kappa shape index (κ1) is 21.4. The molecule has 0 radical (unpaired) electrons. The Hall–Kier alpha value is -0.610. The molecule has 0 saturated heterocycles. The van der Waals surface area contributed by atoms with E-state index in [0.29, 0.717) is 26.4 Å². The number of ether oxygens (including phenoxy) is 2. The maximum absolute atomic E-state index is 12.0. The van der Waals surface area contributed by atoms with Crippen molar-refractivity contribution in [2.45, 2.75) is 59.8 Å². The summed E-state index contributed by atoms with van der Waals surface area (Å²) in [5.41, 5.74) is 0. The van der Waals surface area contributed by atoms with Crippen molar-refractivity contribution in [2.24, 2.45) is 17.8 Å². The van der Waals surface area contributed by atoms with E-state index in [-0.39, 0.29) is 13.3 Å². The first-order valence-electron chi connectivity index (χ1n) is 9.03. The van der Waals surface area contributed by atoms with Crippen LogP contribution in [0.1, 0.15) is 61.2 Å². The fourth-order valence-corrected chi connectivity index (χ4v) is 2.92. The Morgan fingerprint density at radius 1 is 1.18 bits per heavy atom. The summed E-state index contributed by atoms with van der Waals surface area (Å²) in [5, 5.41) is 2.98. The number of nitrogens with one attached hydrogen (secondary N) is 1. The summed E-state index contributed by atoms with van der Waals surface area (Å²) in [5.74, 6) is 2.05. The topological polar surface area (TPSA) is 47.6 Å². The quantitative estimate of drug-likeness (QED) is 0.656. The first-order chi connectivity index (χ1) is 10.7. The molecule has 4 heteroatoms. The Labute approximate surface area is 138 Å². The summed E-state index contributed by atoms with van der Waals surface area (Å²) >= 11 is 0. The highest BCUT2D eigenvalue weighted by Gasteiger charge is 2.28. The lowest BCUT2D eigenvalue weighted by Crippen LogP contribution is -2.35. The zero-order chi connectivity index (χ0) is 16.8. The van der Waals surface area contributed by atoms with Gasteiger partial charge in [-0.3, -0.25) is 4.79 Å². The van der Waals surface area contributed by atoms with Crippen molar-refractivity contribution in [3.63, 3.8) is 0 Å². The van der Waals surface area contributed by atoms with Crippen molar-refractivity contribution in [1.29, 1.82) is 0 Å². The standard InChI is InChI=1S/C16H31NO3.C2H6.H2/c1-4-13(2)14-5-7-15(8-6-14)16(18)17-9-10-20-12-11-19-3;1-2;/h13-15H,4-12H2,1-3H3,(H,17,18);1-2H3;1H. The molecule has 0 bridgehead atoms. The van der Waals surface area contributed by atoms with E-state index in [0.717, 1.165) is 24.7 Å². The summed E-state index contributed by atoms with van der Waals surface area (Å²) < 4.78 is 10.2.